The summed E-state index contributed by atoms with van der Waals surface area (Å²) in [4.78, 5) is 13.5. The van der Waals surface area contributed by atoms with Crippen molar-refractivity contribution in [2.45, 2.75) is 12.3 Å². The van der Waals surface area contributed by atoms with Gasteiger partial charge in [0, 0.05) is 30.9 Å². The fourth-order valence-electron chi connectivity index (χ4n) is 2.07. The molecule has 5 heteroatoms. The maximum atomic E-state index is 11.6. The van der Waals surface area contributed by atoms with Gasteiger partial charge in [0.1, 0.15) is 16.9 Å². The lowest BCUT2D eigenvalue weighted by Gasteiger charge is -2.24. The van der Waals surface area contributed by atoms with E-state index in [0.29, 0.717) is 0 Å². The molecule has 0 saturated carbocycles. The minimum absolute atomic E-state index is 0.0448. The molecule has 1 aliphatic rings. The van der Waals surface area contributed by atoms with Gasteiger partial charge in [-0.3, -0.25) is 4.79 Å². The van der Waals surface area contributed by atoms with Gasteiger partial charge in [-0.05, 0) is 12.1 Å². The number of hydrogen-bond donors (Lipinski definition) is 0. The Balaban J connectivity index is 2.35. The maximum Gasteiger partial charge on any atom is 0.220 e. The third kappa shape index (κ3) is 2.41. The molecule has 0 aliphatic carbocycles. The van der Waals surface area contributed by atoms with Crippen molar-refractivity contribution in [2.24, 2.45) is 0 Å². The molecule has 1 atom stereocenters. The monoisotopic (exact) mass is 267 g/mol. The lowest BCUT2D eigenvalue weighted by atomic mass is 10.1. The van der Waals surface area contributed by atoms with Crippen LogP contribution in [0.5, 0.6) is 11.5 Å². The number of carbonyl (C=O) groups is 1. The molecule has 4 nitrogen and oxygen atoms in total. The molecule has 1 aromatic carbocycles. The van der Waals surface area contributed by atoms with Crippen molar-refractivity contribution in [2.75, 3.05) is 26.5 Å². The smallest absolute Gasteiger partial charge is 0.220 e. The van der Waals surface area contributed by atoms with Crippen LogP contribution in [-0.2, 0) is 4.79 Å². The van der Waals surface area contributed by atoms with Crippen molar-refractivity contribution in [1.82, 2.24) is 4.90 Å². The summed E-state index contributed by atoms with van der Waals surface area (Å²) in [6.45, 7) is 2.40. The van der Waals surface area contributed by atoms with Gasteiger partial charge in [0.05, 0.1) is 14.2 Å². The van der Waals surface area contributed by atoms with Gasteiger partial charge in [-0.1, -0.05) is 0 Å². The summed E-state index contributed by atoms with van der Waals surface area (Å²) in [5.74, 6) is 2.58. The van der Waals surface area contributed by atoms with Gasteiger partial charge in [0.15, 0.2) is 0 Å². The molecule has 18 heavy (non-hydrogen) atoms. The third-order valence-corrected chi connectivity index (χ3v) is 4.24. The van der Waals surface area contributed by atoms with E-state index in [2.05, 4.69) is 0 Å². The zero-order valence-electron chi connectivity index (χ0n) is 10.8. The number of carbonyl (C=O) groups excluding carboxylic acids is 1. The van der Waals surface area contributed by atoms with Crippen molar-refractivity contribution in [1.29, 1.82) is 0 Å². The first kappa shape index (κ1) is 13.1. The number of ether oxygens (including phenoxy) is 2. The summed E-state index contributed by atoms with van der Waals surface area (Å²) >= 11 is 1.76. The van der Waals surface area contributed by atoms with Crippen LogP contribution in [0, 0.1) is 0 Å². The SMILES string of the molecule is COc1ccc([C@@H]2SCCN2C(C)=O)c(OC)c1. The second-order valence-corrected chi connectivity index (χ2v) is 5.23. The van der Waals surface area contributed by atoms with Crippen LogP contribution in [0.4, 0.5) is 0 Å². The van der Waals surface area contributed by atoms with Gasteiger partial charge in [0.25, 0.3) is 0 Å². The van der Waals surface area contributed by atoms with Gasteiger partial charge >= 0.3 is 0 Å². The number of nitrogens with zero attached hydrogens (tertiary/aromatic N) is 1. The molecular weight excluding hydrogens is 250 g/mol. The molecule has 0 aromatic heterocycles. The third-order valence-electron chi connectivity index (χ3n) is 3.00. The molecule has 0 bridgehead atoms. The van der Waals surface area contributed by atoms with Gasteiger partial charge < -0.3 is 14.4 Å². The van der Waals surface area contributed by atoms with Crippen molar-refractivity contribution >= 4 is 17.7 Å². The van der Waals surface area contributed by atoms with Crippen LogP contribution < -0.4 is 9.47 Å². The van der Waals surface area contributed by atoms with Crippen LogP contribution in [0.15, 0.2) is 18.2 Å². The van der Waals surface area contributed by atoms with E-state index in [4.69, 9.17) is 9.47 Å². The lowest BCUT2D eigenvalue weighted by Crippen LogP contribution is -2.28. The standard InChI is InChI=1S/C13H17NO3S/c1-9(15)14-6-7-18-13(14)11-5-4-10(16-2)8-12(11)17-3/h4-5,8,13H,6-7H2,1-3H3/t13-/m0/s1. The normalized spacial score (nSPS) is 18.8. The number of thioether (sulfide) groups is 1. The molecule has 0 unspecified atom stereocenters. The van der Waals surface area contributed by atoms with Gasteiger partial charge in [-0.15, -0.1) is 11.8 Å². The molecule has 2 rings (SSSR count). The second-order valence-electron chi connectivity index (χ2n) is 4.04. The van der Waals surface area contributed by atoms with Crippen molar-refractivity contribution in [3.05, 3.63) is 23.8 Å². The average Bonchev–Trinajstić information content (AvgIpc) is 2.87. The molecular formula is C13H17NO3S. The molecule has 1 heterocycles. The Hall–Kier alpha value is -1.36. The number of amides is 1. The highest BCUT2D eigenvalue weighted by Crippen LogP contribution is 2.42. The molecule has 0 radical (unpaired) electrons. The minimum Gasteiger partial charge on any atom is -0.497 e. The van der Waals surface area contributed by atoms with Crippen LogP contribution in [0.25, 0.3) is 0 Å². The summed E-state index contributed by atoms with van der Waals surface area (Å²) in [5, 5.41) is 0.0448. The molecule has 0 N–H and O–H groups in total. The second kappa shape index (κ2) is 5.52. The number of hydrogen-bond acceptors (Lipinski definition) is 4. The Morgan fingerprint density at radius 3 is 2.78 bits per heavy atom. The van der Waals surface area contributed by atoms with E-state index < -0.39 is 0 Å². The minimum atomic E-state index is 0.0448. The molecule has 1 fully saturated rings. The first-order valence-corrected chi connectivity index (χ1v) is 6.83. The van der Waals surface area contributed by atoms with Crippen LogP contribution in [0.1, 0.15) is 17.9 Å². The summed E-state index contributed by atoms with van der Waals surface area (Å²) in [7, 11) is 3.26. The summed E-state index contributed by atoms with van der Waals surface area (Å²) in [6.07, 6.45) is 0. The van der Waals surface area contributed by atoms with E-state index in [1.807, 2.05) is 23.1 Å². The lowest BCUT2D eigenvalue weighted by molar-refractivity contribution is -0.128. The quantitative estimate of drug-likeness (QED) is 0.842. The van der Waals surface area contributed by atoms with Gasteiger partial charge in [-0.2, -0.15) is 0 Å². The Labute approximate surface area is 111 Å². The predicted molar refractivity (Wildman–Crippen MR) is 72.1 cm³/mol. The molecule has 0 spiro atoms. The fraction of sp³-hybridized carbons (Fsp3) is 0.462. The maximum absolute atomic E-state index is 11.6. The van der Waals surface area contributed by atoms with E-state index in [0.717, 1.165) is 29.4 Å². The number of benzene rings is 1. The van der Waals surface area contributed by atoms with Crippen LogP contribution in [0.3, 0.4) is 0 Å². The Bertz CT molecular complexity index is 450. The Morgan fingerprint density at radius 1 is 1.39 bits per heavy atom. The first-order chi connectivity index (χ1) is 8.67. The summed E-state index contributed by atoms with van der Waals surface area (Å²) in [5.41, 5.74) is 1.02. The highest BCUT2D eigenvalue weighted by atomic mass is 32.2. The topological polar surface area (TPSA) is 38.8 Å². The zero-order valence-corrected chi connectivity index (χ0v) is 11.6. The van der Waals surface area contributed by atoms with Crippen molar-refractivity contribution in [3.8, 4) is 11.5 Å². The number of rotatable bonds is 3. The Kier molecular flexibility index (Phi) is 4.01. The van der Waals surface area contributed by atoms with E-state index >= 15 is 0 Å². The average molecular weight is 267 g/mol. The molecule has 1 aliphatic heterocycles. The van der Waals surface area contributed by atoms with E-state index in [9.17, 15) is 4.79 Å². The van der Waals surface area contributed by atoms with Crippen LogP contribution in [-0.4, -0.2) is 37.3 Å². The van der Waals surface area contributed by atoms with Crippen LogP contribution >= 0.6 is 11.8 Å². The van der Waals surface area contributed by atoms with Crippen molar-refractivity contribution in [3.63, 3.8) is 0 Å². The van der Waals surface area contributed by atoms with E-state index in [-0.39, 0.29) is 11.3 Å². The zero-order chi connectivity index (χ0) is 13.1. The van der Waals surface area contributed by atoms with Gasteiger partial charge in [-0.25, -0.2) is 0 Å². The predicted octanol–water partition coefficient (Wildman–Crippen LogP) is 2.30. The molecule has 1 saturated heterocycles. The van der Waals surface area contributed by atoms with E-state index in [1.165, 1.54) is 0 Å². The first-order valence-electron chi connectivity index (χ1n) is 5.78. The van der Waals surface area contributed by atoms with Gasteiger partial charge in [0.2, 0.25) is 5.91 Å². The highest BCUT2D eigenvalue weighted by molar-refractivity contribution is 7.99. The van der Waals surface area contributed by atoms with E-state index in [1.54, 1.807) is 32.9 Å². The fourth-order valence-corrected chi connectivity index (χ4v) is 3.41. The van der Waals surface area contributed by atoms with Crippen molar-refractivity contribution < 1.29 is 14.3 Å². The molecule has 1 amide bonds. The molecule has 1 aromatic rings. The highest BCUT2D eigenvalue weighted by Gasteiger charge is 2.30. The summed E-state index contributed by atoms with van der Waals surface area (Å²) in [6, 6.07) is 5.72. The Morgan fingerprint density at radius 2 is 2.17 bits per heavy atom. The summed E-state index contributed by atoms with van der Waals surface area (Å²) < 4.78 is 10.6. The largest absolute Gasteiger partial charge is 0.497 e. The number of methoxy groups -OCH3 is 2. The van der Waals surface area contributed by atoms with Crippen LogP contribution in [0.2, 0.25) is 0 Å². The molecule has 98 valence electrons.